The first-order chi connectivity index (χ1) is 9.83. The molecule has 0 unspecified atom stereocenters. The number of rotatable bonds is 2. The molecule has 1 saturated heterocycles. The fourth-order valence-electron chi connectivity index (χ4n) is 1.88. The molecule has 1 aliphatic rings. The zero-order chi connectivity index (χ0) is 15.5. The lowest BCUT2D eigenvalue weighted by Crippen LogP contribution is -2.50. The first kappa shape index (κ1) is 16.0. The van der Waals surface area contributed by atoms with Gasteiger partial charge in [-0.3, -0.25) is 4.98 Å². The molecule has 0 spiro atoms. The number of nitrogens with zero attached hydrogens (tertiary/aromatic N) is 3. The van der Waals surface area contributed by atoms with Crippen molar-refractivity contribution in [3.8, 4) is 5.75 Å². The van der Waals surface area contributed by atoms with E-state index < -0.39 is 5.60 Å². The summed E-state index contributed by atoms with van der Waals surface area (Å²) < 4.78 is 6.23. The van der Waals surface area contributed by atoms with Gasteiger partial charge in [0.05, 0.1) is 19.3 Å². The Balaban J connectivity index is 1.82. The third-order valence-corrected chi connectivity index (χ3v) is 3.24. The molecule has 0 saturated carbocycles. The summed E-state index contributed by atoms with van der Waals surface area (Å²) >= 11 is 3.35. The summed E-state index contributed by atoms with van der Waals surface area (Å²) in [5.74, 6) is 0.676. The van der Waals surface area contributed by atoms with Crippen LogP contribution in [0.25, 0.3) is 0 Å². The van der Waals surface area contributed by atoms with E-state index in [4.69, 9.17) is 9.57 Å². The van der Waals surface area contributed by atoms with Gasteiger partial charge in [0.25, 0.3) is 0 Å². The van der Waals surface area contributed by atoms with Crippen LogP contribution in [0.15, 0.2) is 22.9 Å². The van der Waals surface area contributed by atoms with Crippen LogP contribution in [0.5, 0.6) is 5.75 Å². The van der Waals surface area contributed by atoms with E-state index in [-0.39, 0.29) is 6.09 Å². The molecule has 0 atom stereocenters. The summed E-state index contributed by atoms with van der Waals surface area (Å²) in [7, 11) is 0. The fourth-order valence-corrected chi connectivity index (χ4v) is 2.22. The summed E-state index contributed by atoms with van der Waals surface area (Å²) in [6, 6.07) is 1.85. The first-order valence-corrected chi connectivity index (χ1v) is 7.64. The molecule has 1 amide bonds. The van der Waals surface area contributed by atoms with Crippen molar-refractivity contribution in [2.45, 2.75) is 26.4 Å². The summed E-state index contributed by atoms with van der Waals surface area (Å²) in [6.07, 6.45) is 3.09. The average Bonchev–Trinajstić information content (AvgIpc) is 2.37. The van der Waals surface area contributed by atoms with Crippen LogP contribution in [0.2, 0.25) is 0 Å². The van der Waals surface area contributed by atoms with Gasteiger partial charge in [0.15, 0.2) is 5.75 Å². The van der Waals surface area contributed by atoms with Crippen LogP contribution in [0.1, 0.15) is 20.8 Å². The molecular formula is C14H20BrN3O3. The third kappa shape index (κ3) is 5.17. The number of hydroxylamine groups is 2. The van der Waals surface area contributed by atoms with Gasteiger partial charge in [-0.25, -0.2) is 4.79 Å². The molecule has 0 aliphatic carbocycles. The number of amides is 1. The second-order valence-corrected chi connectivity index (χ2v) is 6.74. The molecule has 0 aromatic carbocycles. The molecule has 1 aromatic rings. The molecule has 0 N–H and O–H groups in total. The van der Waals surface area contributed by atoms with Crippen LogP contribution < -0.4 is 4.84 Å². The highest BCUT2D eigenvalue weighted by molar-refractivity contribution is 9.10. The Hall–Kier alpha value is -1.34. The highest BCUT2D eigenvalue weighted by atomic mass is 79.9. The molecule has 116 valence electrons. The van der Waals surface area contributed by atoms with E-state index in [1.807, 2.05) is 31.9 Å². The molecule has 1 aliphatic heterocycles. The van der Waals surface area contributed by atoms with Crippen molar-refractivity contribution < 1.29 is 14.4 Å². The molecule has 7 heteroatoms. The van der Waals surface area contributed by atoms with Crippen molar-refractivity contribution in [3.63, 3.8) is 0 Å². The van der Waals surface area contributed by atoms with E-state index in [1.54, 1.807) is 17.3 Å². The molecule has 1 aromatic heterocycles. The Morgan fingerprint density at radius 2 is 1.90 bits per heavy atom. The molecule has 2 heterocycles. The number of hydrogen-bond donors (Lipinski definition) is 0. The van der Waals surface area contributed by atoms with Gasteiger partial charge < -0.3 is 14.5 Å². The van der Waals surface area contributed by atoms with E-state index >= 15 is 0 Å². The van der Waals surface area contributed by atoms with Crippen LogP contribution >= 0.6 is 15.9 Å². The van der Waals surface area contributed by atoms with Gasteiger partial charge in [-0.1, -0.05) is 0 Å². The lowest BCUT2D eigenvalue weighted by atomic mass is 10.2. The van der Waals surface area contributed by atoms with Gasteiger partial charge in [-0.2, -0.15) is 0 Å². The van der Waals surface area contributed by atoms with Crippen molar-refractivity contribution in [3.05, 3.63) is 22.9 Å². The first-order valence-electron chi connectivity index (χ1n) is 6.85. The number of carbonyl (C=O) groups excluding carboxylic acids is 1. The standard InChI is InChI=1S/C14H20BrN3O3/c1-14(2,3)20-13(19)17-4-6-18(7-5-17)21-12-8-11(15)9-16-10-12/h8-10H,4-7H2,1-3H3. The van der Waals surface area contributed by atoms with Crippen molar-refractivity contribution in [1.82, 2.24) is 14.9 Å². The van der Waals surface area contributed by atoms with Gasteiger partial charge in [0, 0.05) is 29.8 Å². The predicted molar refractivity (Wildman–Crippen MR) is 81.9 cm³/mol. The highest BCUT2D eigenvalue weighted by Gasteiger charge is 2.26. The van der Waals surface area contributed by atoms with Gasteiger partial charge in [0.2, 0.25) is 0 Å². The van der Waals surface area contributed by atoms with Gasteiger partial charge in [-0.05, 0) is 36.7 Å². The second-order valence-electron chi connectivity index (χ2n) is 5.83. The number of hydrogen-bond acceptors (Lipinski definition) is 5. The maximum absolute atomic E-state index is 12.0. The molecule has 2 rings (SSSR count). The Morgan fingerprint density at radius 1 is 1.24 bits per heavy atom. The van der Waals surface area contributed by atoms with E-state index in [2.05, 4.69) is 20.9 Å². The molecule has 1 fully saturated rings. The van der Waals surface area contributed by atoms with Crippen molar-refractivity contribution in [2.75, 3.05) is 26.2 Å². The van der Waals surface area contributed by atoms with Crippen molar-refractivity contribution >= 4 is 22.0 Å². The molecule has 21 heavy (non-hydrogen) atoms. The van der Waals surface area contributed by atoms with E-state index in [1.165, 1.54) is 0 Å². The zero-order valence-corrected chi connectivity index (χ0v) is 14.1. The second kappa shape index (κ2) is 6.62. The minimum Gasteiger partial charge on any atom is -0.444 e. The number of pyridine rings is 1. The van der Waals surface area contributed by atoms with Crippen LogP contribution in [0.3, 0.4) is 0 Å². The Labute approximate surface area is 133 Å². The third-order valence-electron chi connectivity index (χ3n) is 2.80. The molecular weight excluding hydrogens is 338 g/mol. The van der Waals surface area contributed by atoms with E-state index in [0.29, 0.717) is 31.9 Å². The maximum Gasteiger partial charge on any atom is 0.410 e. The maximum atomic E-state index is 12.0. The highest BCUT2D eigenvalue weighted by Crippen LogP contribution is 2.18. The van der Waals surface area contributed by atoms with Crippen LogP contribution in [-0.2, 0) is 4.74 Å². The largest absolute Gasteiger partial charge is 0.444 e. The molecule has 0 bridgehead atoms. The van der Waals surface area contributed by atoms with Gasteiger partial charge in [0.1, 0.15) is 5.60 Å². The lowest BCUT2D eigenvalue weighted by molar-refractivity contribution is -0.0891. The van der Waals surface area contributed by atoms with Crippen LogP contribution in [0.4, 0.5) is 4.79 Å². The van der Waals surface area contributed by atoms with Crippen molar-refractivity contribution in [1.29, 1.82) is 0 Å². The summed E-state index contributed by atoms with van der Waals surface area (Å²) in [5.41, 5.74) is -0.466. The minimum atomic E-state index is -0.466. The Morgan fingerprint density at radius 3 is 2.48 bits per heavy atom. The summed E-state index contributed by atoms with van der Waals surface area (Å²) in [6.45, 7) is 8.02. The SMILES string of the molecule is CC(C)(C)OC(=O)N1CCN(Oc2cncc(Br)c2)CC1. The summed E-state index contributed by atoms with van der Waals surface area (Å²) in [5, 5.41) is 1.82. The van der Waals surface area contributed by atoms with E-state index in [9.17, 15) is 4.79 Å². The average molecular weight is 358 g/mol. The number of halogens is 1. The van der Waals surface area contributed by atoms with E-state index in [0.717, 1.165) is 4.47 Å². The van der Waals surface area contributed by atoms with Crippen molar-refractivity contribution in [2.24, 2.45) is 0 Å². The Bertz CT molecular complexity index is 496. The fraction of sp³-hybridized carbons (Fsp3) is 0.571. The monoisotopic (exact) mass is 357 g/mol. The number of piperazine rings is 1. The van der Waals surface area contributed by atoms with Crippen LogP contribution in [-0.4, -0.2) is 52.8 Å². The van der Waals surface area contributed by atoms with Gasteiger partial charge in [-0.15, -0.1) is 5.06 Å². The number of carbonyl (C=O) groups is 1. The smallest absolute Gasteiger partial charge is 0.410 e. The normalized spacial score (nSPS) is 16.7. The van der Waals surface area contributed by atoms with Gasteiger partial charge >= 0.3 is 6.09 Å². The minimum absolute atomic E-state index is 0.272. The quantitative estimate of drug-likeness (QED) is 0.814. The lowest BCUT2D eigenvalue weighted by Gasteiger charge is -2.34. The zero-order valence-electron chi connectivity index (χ0n) is 12.5. The predicted octanol–water partition coefficient (Wildman–Crippen LogP) is 2.69. The molecule has 6 nitrogen and oxygen atoms in total. The number of aromatic nitrogens is 1. The Kier molecular flexibility index (Phi) is 5.05. The molecule has 0 radical (unpaired) electrons. The summed E-state index contributed by atoms with van der Waals surface area (Å²) in [4.78, 5) is 23.4. The number of ether oxygens (including phenoxy) is 1. The van der Waals surface area contributed by atoms with Crippen LogP contribution in [0, 0.1) is 0 Å². The topological polar surface area (TPSA) is 54.9 Å².